The van der Waals surface area contributed by atoms with Gasteiger partial charge in [0.05, 0.1) is 23.7 Å². The topological polar surface area (TPSA) is 123 Å². The molecule has 4 aromatic carbocycles. The third-order valence-electron chi connectivity index (χ3n) is 9.00. The van der Waals surface area contributed by atoms with Crippen LogP contribution in [0.25, 0.3) is 10.8 Å². The van der Waals surface area contributed by atoms with Crippen LogP contribution in [0.4, 0.5) is 0 Å². The Hall–Kier alpha value is -5.64. The summed E-state index contributed by atoms with van der Waals surface area (Å²) in [4.78, 5) is 41.7. The zero-order valence-electron chi connectivity index (χ0n) is 26.6. The van der Waals surface area contributed by atoms with Gasteiger partial charge in [-0.05, 0) is 90.9 Å². The lowest BCUT2D eigenvalue weighted by Crippen LogP contribution is -2.43. The molecule has 48 heavy (non-hydrogen) atoms. The van der Waals surface area contributed by atoms with Gasteiger partial charge in [0.2, 0.25) is 11.8 Å². The Morgan fingerprint density at radius 1 is 0.938 bits per heavy atom. The largest absolute Gasteiger partial charge is 0.504 e. The first kappa shape index (κ1) is 31.0. The molecule has 2 amide bonds. The molecule has 2 N–H and O–H groups in total. The van der Waals surface area contributed by atoms with Crippen molar-refractivity contribution in [3.8, 4) is 23.0 Å². The molecule has 10 nitrogen and oxygen atoms in total. The second-order valence-electron chi connectivity index (χ2n) is 12.2. The van der Waals surface area contributed by atoms with Crippen molar-refractivity contribution in [3.63, 3.8) is 0 Å². The van der Waals surface area contributed by atoms with E-state index in [0.717, 1.165) is 27.6 Å². The van der Waals surface area contributed by atoms with Crippen LogP contribution in [-0.4, -0.2) is 51.3 Å². The molecule has 5 aliphatic rings. The molecule has 10 heteroatoms. The highest BCUT2D eigenvalue weighted by Gasteiger charge is 2.33. The second-order valence-corrected chi connectivity index (χ2v) is 12.2. The highest BCUT2D eigenvalue weighted by Crippen LogP contribution is 2.39. The fourth-order valence-corrected chi connectivity index (χ4v) is 6.53. The van der Waals surface area contributed by atoms with E-state index >= 15 is 0 Å². The van der Waals surface area contributed by atoms with Crippen LogP contribution in [0.15, 0.2) is 89.7 Å². The summed E-state index contributed by atoms with van der Waals surface area (Å²) in [6, 6.07) is 25.4. The van der Waals surface area contributed by atoms with Crippen LogP contribution in [0.2, 0.25) is 0 Å². The fraction of sp³-hybridized carbons (Fsp3) is 0.263. The number of phenolic OH excluding ortho intramolecular Hbond substituents is 1. The number of carbonyl (C=O) groups excluding carboxylic acids is 2. The van der Waals surface area contributed by atoms with E-state index in [2.05, 4.69) is 10.4 Å². The number of nitrogens with zero attached hydrogens (tertiary/aromatic N) is 3. The number of aromatic hydroxyl groups is 1. The van der Waals surface area contributed by atoms with Gasteiger partial charge in [-0.3, -0.25) is 14.4 Å². The molecule has 0 radical (unpaired) electrons. The van der Waals surface area contributed by atoms with Crippen molar-refractivity contribution >= 4 is 22.6 Å². The predicted octanol–water partition coefficient (Wildman–Crippen LogP) is 5.21. The Bertz CT molecular complexity index is 2070. The molecule has 244 valence electrons. The molecule has 0 saturated carbocycles. The lowest BCUT2D eigenvalue weighted by atomic mass is 9.87. The summed E-state index contributed by atoms with van der Waals surface area (Å²) in [5.41, 5.74) is 4.10. The molecule has 0 saturated heterocycles. The number of aromatic nitrogens is 2. The molecule has 5 aromatic rings. The van der Waals surface area contributed by atoms with E-state index in [-0.39, 0.29) is 29.7 Å². The van der Waals surface area contributed by atoms with Gasteiger partial charge < -0.3 is 24.8 Å². The molecule has 5 aliphatic heterocycles. The van der Waals surface area contributed by atoms with Crippen LogP contribution in [-0.2, 0) is 29.0 Å². The van der Waals surface area contributed by atoms with Gasteiger partial charge in [-0.2, -0.15) is 5.10 Å². The van der Waals surface area contributed by atoms with E-state index in [4.69, 9.17) is 9.47 Å². The number of aryl methyl sites for hydroxylation is 2. The van der Waals surface area contributed by atoms with Crippen LogP contribution in [0.3, 0.4) is 0 Å². The summed E-state index contributed by atoms with van der Waals surface area (Å²) >= 11 is 0. The van der Waals surface area contributed by atoms with Crippen LogP contribution in [0, 0.1) is 6.92 Å². The Kier molecular flexibility index (Phi) is 8.54. The predicted molar refractivity (Wildman–Crippen MR) is 181 cm³/mol. The summed E-state index contributed by atoms with van der Waals surface area (Å²) in [6.07, 6.45) is 2.03. The second kappa shape index (κ2) is 13.2. The number of ether oxygens (including phenoxy) is 2. The standard InChI is InChI=1S/C38H36N4O6/c1-24-30-5-2-3-6-32(30)38(46)42(40-24)23-36(45)41-19-17-27-22-29-13-14-31(27)37(41)26-9-11-28(12-10-26)47-20-4-18-39-35(44)16-8-25-7-15-33(43)34(21-25)48-29/h2-3,5-7,9-15,21-22,37,43H,4,8,16-20,23H2,1H3,(H,39,44). The summed E-state index contributed by atoms with van der Waals surface area (Å²) in [6.45, 7) is 2.99. The Morgan fingerprint density at radius 3 is 2.56 bits per heavy atom. The molecule has 6 heterocycles. The first-order valence-corrected chi connectivity index (χ1v) is 16.2. The van der Waals surface area contributed by atoms with Crippen molar-refractivity contribution in [1.82, 2.24) is 20.0 Å². The lowest BCUT2D eigenvalue weighted by Gasteiger charge is -2.38. The van der Waals surface area contributed by atoms with Crippen molar-refractivity contribution in [1.29, 1.82) is 0 Å². The van der Waals surface area contributed by atoms with Gasteiger partial charge in [0.1, 0.15) is 18.0 Å². The number of hydrogen-bond donors (Lipinski definition) is 2. The van der Waals surface area contributed by atoms with Crippen LogP contribution >= 0.6 is 0 Å². The summed E-state index contributed by atoms with van der Waals surface area (Å²) in [7, 11) is 0. The number of amides is 2. The van der Waals surface area contributed by atoms with Gasteiger partial charge >= 0.3 is 0 Å². The maximum absolute atomic E-state index is 14.1. The van der Waals surface area contributed by atoms with Gasteiger partial charge in [-0.25, -0.2) is 4.68 Å². The number of phenols is 1. The normalized spacial score (nSPS) is 16.5. The van der Waals surface area contributed by atoms with Gasteiger partial charge in [0.15, 0.2) is 11.5 Å². The van der Waals surface area contributed by atoms with Crippen molar-refractivity contribution in [2.24, 2.45) is 0 Å². The van der Waals surface area contributed by atoms with Gasteiger partial charge in [0.25, 0.3) is 5.56 Å². The maximum atomic E-state index is 14.1. The molecule has 1 aromatic heterocycles. The van der Waals surface area contributed by atoms with Crippen LogP contribution < -0.4 is 20.3 Å². The van der Waals surface area contributed by atoms with E-state index in [1.54, 1.807) is 24.3 Å². The van der Waals surface area contributed by atoms with Crippen molar-refractivity contribution in [3.05, 3.63) is 123 Å². The Morgan fingerprint density at radius 2 is 1.73 bits per heavy atom. The maximum Gasteiger partial charge on any atom is 0.275 e. The smallest absolute Gasteiger partial charge is 0.275 e. The van der Waals surface area contributed by atoms with Gasteiger partial charge in [-0.15, -0.1) is 0 Å². The SMILES string of the molecule is Cc1nn(CC(=O)N2CCc3cc4ccc3C2c2ccc(cc2)OCCCNC(=O)CCc2ccc(O)c(c2)O4)c(=O)c2ccccc12. The Balaban J connectivity index is 1.24. The highest BCUT2D eigenvalue weighted by atomic mass is 16.5. The quantitative estimate of drug-likeness (QED) is 0.271. The first-order chi connectivity index (χ1) is 23.3. The van der Waals surface area contributed by atoms with Gasteiger partial charge in [-0.1, -0.05) is 42.5 Å². The molecule has 10 rings (SSSR count). The van der Waals surface area contributed by atoms with E-state index in [1.165, 1.54) is 4.68 Å². The zero-order valence-corrected chi connectivity index (χ0v) is 26.6. The number of carbonyl (C=O) groups is 2. The molecule has 0 fully saturated rings. The van der Waals surface area contributed by atoms with Crippen molar-refractivity contribution in [2.45, 2.75) is 45.2 Å². The molecule has 0 spiro atoms. The van der Waals surface area contributed by atoms with Crippen LogP contribution in [0.1, 0.15) is 46.8 Å². The summed E-state index contributed by atoms with van der Waals surface area (Å²) in [5.74, 6) is 1.27. The average Bonchev–Trinajstić information content (AvgIpc) is 3.10. The number of nitrogens with one attached hydrogen (secondary N) is 1. The summed E-state index contributed by atoms with van der Waals surface area (Å²) < 4.78 is 13.4. The third kappa shape index (κ3) is 6.33. The zero-order chi connectivity index (χ0) is 33.2. The van der Waals surface area contributed by atoms with Crippen molar-refractivity contribution in [2.75, 3.05) is 19.7 Å². The number of benzene rings is 4. The minimum Gasteiger partial charge on any atom is -0.504 e. The van der Waals surface area contributed by atoms with Crippen molar-refractivity contribution < 1.29 is 24.2 Å². The number of fused-ring (bicyclic) bond motifs is 1. The highest BCUT2D eigenvalue weighted by molar-refractivity contribution is 5.84. The molecular formula is C38H36N4O6. The monoisotopic (exact) mass is 644 g/mol. The third-order valence-corrected chi connectivity index (χ3v) is 9.00. The average molecular weight is 645 g/mol. The molecule has 0 aliphatic carbocycles. The fourth-order valence-electron chi connectivity index (χ4n) is 6.53. The van der Waals surface area contributed by atoms with Gasteiger partial charge in [0, 0.05) is 24.9 Å². The van der Waals surface area contributed by atoms with E-state index in [1.807, 2.05) is 72.5 Å². The minimum absolute atomic E-state index is 0.00170. The molecule has 1 atom stereocenters. The Labute approximate surface area is 277 Å². The molecular weight excluding hydrogens is 608 g/mol. The first-order valence-electron chi connectivity index (χ1n) is 16.2. The van der Waals surface area contributed by atoms with Crippen LogP contribution in [0.5, 0.6) is 23.0 Å². The lowest BCUT2D eigenvalue weighted by molar-refractivity contribution is -0.134. The molecule has 8 bridgehead atoms. The van der Waals surface area contributed by atoms with E-state index < -0.39 is 6.04 Å². The summed E-state index contributed by atoms with van der Waals surface area (Å²) in [5, 5.41) is 19.3. The number of hydrogen-bond acceptors (Lipinski definition) is 7. The van der Waals surface area contributed by atoms with E-state index in [0.29, 0.717) is 73.7 Å². The number of rotatable bonds is 2. The molecule has 1 unspecified atom stereocenters. The minimum atomic E-state index is -0.428. The van der Waals surface area contributed by atoms with E-state index in [9.17, 15) is 19.5 Å².